The Morgan fingerprint density at radius 1 is 1.00 bits per heavy atom. The lowest BCUT2D eigenvalue weighted by Gasteiger charge is -2.32. The number of likely N-dealkylation sites (tertiary alicyclic amines) is 1. The molecule has 0 spiro atoms. The van der Waals surface area contributed by atoms with Gasteiger partial charge in [-0.3, -0.25) is 4.79 Å². The van der Waals surface area contributed by atoms with Crippen molar-refractivity contribution in [1.82, 2.24) is 14.7 Å². The Hall–Kier alpha value is -3.60. The van der Waals surface area contributed by atoms with Crippen LogP contribution in [-0.2, 0) is 6.42 Å². The Bertz CT molecular complexity index is 1230. The second-order valence-corrected chi connectivity index (χ2v) is 9.02. The maximum absolute atomic E-state index is 13.7. The van der Waals surface area contributed by atoms with E-state index in [4.69, 9.17) is 9.52 Å². The summed E-state index contributed by atoms with van der Waals surface area (Å²) in [6.07, 6.45) is 4.74. The number of carbonyl (C=O) groups excluding carboxylic acids is 1. The number of aromatic nitrogens is 2. The quantitative estimate of drug-likeness (QED) is 0.392. The molecule has 0 N–H and O–H groups in total. The molecule has 3 heterocycles. The highest BCUT2D eigenvalue weighted by Gasteiger charge is 2.28. The van der Waals surface area contributed by atoms with E-state index in [1.54, 1.807) is 10.9 Å². The van der Waals surface area contributed by atoms with Gasteiger partial charge in [-0.15, -0.1) is 0 Å². The van der Waals surface area contributed by atoms with Gasteiger partial charge in [0.15, 0.2) is 5.76 Å². The highest BCUT2D eigenvalue weighted by Crippen LogP contribution is 2.27. The molecule has 5 nitrogen and oxygen atoms in total. The van der Waals surface area contributed by atoms with Crippen molar-refractivity contribution in [2.45, 2.75) is 33.1 Å². The summed E-state index contributed by atoms with van der Waals surface area (Å²) >= 11 is 0. The van der Waals surface area contributed by atoms with E-state index in [-0.39, 0.29) is 5.91 Å². The molecule has 0 radical (unpaired) electrons. The van der Waals surface area contributed by atoms with Crippen molar-refractivity contribution in [2.75, 3.05) is 13.1 Å². The van der Waals surface area contributed by atoms with Gasteiger partial charge in [0.2, 0.25) is 0 Å². The third-order valence-electron chi connectivity index (χ3n) is 6.55. The van der Waals surface area contributed by atoms with E-state index in [9.17, 15) is 4.79 Å². The Balaban J connectivity index is 1.39. The van der Waals surface area contributed by atoms with Crippen LogP contribution in [0.4, 0.5) is 0 Å². The van der Waals surface area contributed by atoms with Gasteiger partial charge in [0.1, 0.15) is 11.4 Å². The van der Waals surface area contributed by atoms with E-state index in [2.05, 4.69) is 56.3 Å². The number of hydrogen-bond acceptors (Lipinski definition) is 3. The van der Waals surface area contributed by atoms with Gasteiger partial charge in [-0.2, -0.15) is 5.10 Å². The van der Waals surface area contributed by atoms with Crippen LogP contribution in [0.3, 0.4) is 0 Å². The Labute approximate surface area is 194 Å². The maximum atomic E-state index is 13.7. The number of amides is 1. The van der Waals surface area contributed by atoms with Crippen molar-refractivity contribution in [1.29, 1.82) is 0 Å². The number of carbonyl (C=O) groups is 1. The van der Waals surface area contributed by atoms with Crippen LogP contribution in [0.5, 0.6) is 0 Å². The minimum atomic E-state index is 0.0263. The van der Waals surface area contributed by atoms with E-state index in [1.807, 2.05) is 29.2 Å². The van der Waals surface area contributed by atoms with Crippen LogP contribution in [0.1, 0.15) is 40.0 Å². The molecule has 4 aromatic rings. The fraction of sp³-hybridized carbons (Fsp3) is 0.286. The molecule has 0 saturated carbocycles. The second-order valence-electron chi connectivity index (χ2n) is 9.02. The van der Waals surface area contributed by atoms with Gasteiger partial charge in [-0.25, -0.2) is 4.68 Å². The molecule has 1 saturated heterocycles. The Morgan fingerprint density at radius 2 is 1.79 bits per heavy atom. The smallest absolute Gasteiger partial charge is 0.272 e. The van der Waals surface area contributed by atoms with Crippen molar-refractivity contribution in [3.63, 3.8) is 0 Å². The van der Waals surface area contributed by atoms with Crippen LogP contribution in [0, 0.1) is 19.8 Å². The topological polar surface area (TPSA) is 51.3 Å². The highest BCUT2D eigenvalue weighted by molar-refractivity contribution is 5.94. The van der Waals surface area contributed by atoms with Gasteiger partial charge in [0, 0.05) is 19.2 Å². The first-order valence-electron chi connectivity index (χ1n) is 11.6. The molecule has 0 bridgehead atoms. The molecular formula is C28H29N3O2. The van der Waals surface area contributed by atoms with E-state index < -0.39 is 0 Å². The van der Waals surface area contributed by atoms with Crippen molar-refractivity contribution in [3.8, 4) is 17.1 Å². The summed E-state index contributed by atoms with van der Waals surface area (Å²) in [4.78, 5) is 15.6. The van der Waals surface area contributed by atoms with Crippen molar-refractivity contribution >= 4 is 5.91 Å². The SMILES string of the molecule is Cc1ccc(-n2nc(-c3ccco3)cc2C(=O)N2CCC(Cc3ccccc3)CC2)c(C)c1. The molecule has 5 heteroatoms. The molecule has 1 fully saturated rings. The third kappa shape index (κ3) is 4.49. The predicted molar refractivity (Wildman–Crippen MR) is 130 cm³/mol. The molecule has 1 aliphatic heterocycles. The molecule has 1 amide bonds. The van der Waals surface area contributed by atoms with Crippen LogP contribution in [0.25, 0.3) is 17.1 Å². The van der Waals surface area contributed by atoms with Crippen molar-refractivity contribution < 1.29 is 9.21 Å². The van der Waals surface area contributed by atoms with E-state index in [0.717, 1.165) is 43.6 Å². The third-order valence-corrected chi connectivity index (χ3v) is 6.55. The van der Waals surface area contributed by atoms with E-state index in [0.29, 0.717) is 23.1 Å². The summed E-state index contributed by atoms with van der Waals surface area (Å²) in [7, 11) is 0. The molecular weight excluding hydrogens is 410 g/mol. The van der Waals surface area contributed by atoms with Crippen LogP contribution < -0.4 is 0 Å². The highest BCUT2D eigenvalue weighted by atomic mass is 16.3. The summed E-state index contributed by atoms with van der Waals surface area (Å²) < 4.78 is 7.35. The molecule has 0 aliphatic carbocycles. The number of nitrogens with zero attached hydrogens (tertiary/aromatic N) is 3. The van der Waals surface area contributed by atoms with Crippen LogP contribution in [0.15, 0.2) is 77.4 Å². The van der Waals surface area contributed by atoms with Gasteiger partial charge < -0.3 is 9.32 Å². The average Bonchev–Trinajstić information content (AvgIpc) is 3.50. The zero-order chi connectivity index (χ0) is 22.8. The second kappa shape index (κ2) is 9.10. The minimum Gasteiger partial charge on any atom is -0.463 e. The van der Waals surface area contributed by atoms with Gasteiger partial charge in [0.25, 0.3) is 5.91 Å². The van der Waals surface area contributed by atoms with Crippen LogP contribution in [-0.4, -0.2) is 33.7 Å². The fourth-order valence-electron chi connectivity index (χ4n) is 4.75. The van der Waals surface area contributed by atoms with Gasteiger partial charge in [-0.05, 0) is 68.4 Å². The number of rotatable bonds is 5. The molecule has 0 atom stereocenters. The minimum absolute atomic E-state index is 0.0263. The van der Waals surface area contributed by atoms with Crippen LogP contribution in [0.2, 0.25) is 0 Å². The lowest BCUT2D eigenvalue weighted by Crippen LogP contribution is -2.39. The summed E-state index contributed by atoms with van der Waals surface area (Å²) in [5.41, 5.74) is 5.80. The molecule has 168 valence electrons. The van der Waals surface area contributed by atoms with Gasteiger partial charge >= 0.3 is 0 Å². The molecule has 2 aromatic carbocycles. The molecule has 33 heavy (non-hydrogen) atoms. The molecule has 2 aromatic heterocycles. The van der Waals surface area contributed by atoms with E-state index >= 15 is 0 Å². The standard InChI is InChI=1S/C28H29N3O2/c1-20-10-11-25(21(2)17-20)31-26(19-24(29-31)27-9-6-16-33-27)28(32)30-14-12-23(13-15-30)18-22-7-4-3-5-8-22/h3-11,16-17,19,23H,12-15,18H2,1-2H3. The summed E-state index contributed by atoms with van der Waals surface area (Å²) in [5, 5.41) is 4.78. The number of furan rings is 1. The van der Waals surface area contributed by atoms with Crippen LogP contribution >= 0.6 is 0 Å². The van der Waals surface area contributed by atoms with Crippen molar-refractivity contribution in [2.24, 2.45) is 5.92 Å². The monoisotopic (exact) mass is 439 g/mol. The molecule has 5 rings (SSSR count). The average molecular weight is 440 g/mol. The van der Waals surface area contributed by atoms with E-state index in [1.165, 1.54) is 11.1 Å². The number of piperidine rings is 1. The number of benzene rings is 2. The summed E-state index contributed by atoms with van der Waals surface area (Å²) in [6.45, 7) is 5.66. The van der Waals surface area contributed by atoms with Crippen molar-refractivity contribution in [3.05, 3.63) is 95.4 Å². The fourth-order valence-corrected chi connectivity index (χ4v) is 4.75. The molecule has 0 unspecified atom stereocenters. The maximum Gasteiger partial charge on any atom is 0.272 e. The zero-order valence-electron chi connectivity index (χ0n) is 19.2. The molecule has 1 aliphatic rings. The first-order chi connectivity index (χ1) is 16.1. The normalized spacial score (nSPS) is 14.5. The zero-order valence-corrected chi connectivity index (χ0v) is 19.2. The largest absolute Gasteiger partial charge is 0.463 e. The van der Waals surface area contributed by atoms with Gasteiger partial charge in [-0.1, -0.05) is 48.0 Å². The predicted octanol–water partition coefficient (Wildman–Crippen LogP) is 5.84. The Kier molecular flexibility index (Phi) is 5.86. The lowest BCUT2D eigenvalue weighted by atomic mass is 9.90. The lowest BCUT2D eigenvalue weighted by molar-refractivity contribution is 0.0681. The number of aryl methyl sites for hydroxylation is 2. The van der Waals surface area contributed by atoms with Gasteiger partial charge in [0.05, 0.1) is 12.0 Å². The summed E-state index contributed by atoms with van der Waals surface area (Å²) in [5.74, 6) is 1.30. The first-order valence-corrected chi connectivity index (χ1v) is 11.6. The first kappa shape index (κ1) is 21.3. The number of hydrogen-bond donors (Lipinski definition) is 0. The summed E-state index contributed by atoms with van der Waals surface area (Å²) in [6, 6.07) is 22.4. The Morgan fingerprint density at radius 3 is 2.48 bits per heavy atom.